The fourth-order valence-electron chi connectivity index (χ4n) is 4.61. The second kappa shape index (κ2) is 11.8. The van der Waals surface area contributed by atoms with Gasteiger partial charge in [-0.2, -0.15) is 0 Å². The van der Waals surface area contributed by atoms with Gasteiger partial charge in [0, 0.05) is 43.9 Å². The molecule has 5 rings (SSSR count). The predicted octanol–water partition coefficient (Wildman–Crippen LogP) is 3.71. The molecule has 4 heterocycles. The van der Waals surface area contributed by atoms with E-state index in [1.165, 1.54) is 0 Å². The fraction of sp³-hybridized carbons (Fsp3) is 0.276. The van der Waals surface area contributed by atoms with Crippen LogP contribution in [0.1, 0.15) is 17.0 Å². The smallest absolute Gasteiger partial charge is 0.237 e. The SMILES string of the molecule is COc1cccc(COC2CN(Cc3cccn3-c3cccnc3)CC(=O)N(Cc3ccccn3)C2)c1. The number of ether oxygens (including phenoxy) is 2. The Hall–Kier alpha value is -4.01. The molecule has 8 nitrogen and oxygen atoms in total. The quantitative estimate of drug-likeness (QED) is 0.351. The largest absolute Gasteiger partial charge is 0.497 e. The van der Waals surface area contributed by atoms with Crippen molar-refractivity contribution in [2.24, 2.45) is 0 Å². The minimum Gasteiger partial charge on any atom is -0.497 e. The van der Waals surface area contributed by atoms with Crippen LogP contribution in [-0.2, 0) is 29.2 Å². The second-order valence-corrected chi connectivity index (χ2v) is 9.13. The molecular formula is C29H31N5O3. The van der Waals surface area contributed by atoms with Gasteiger partial charge in [0.1, 0.15) is 5.75 Å². The molecular weight excluding hydrogens is 466 g/mol. The number of aromatic nitrogens is 3. The number of rotatable bonds is 9. The number of carbonyl (C=O) groups is 1. The van der Waals surface area contributed by atoms with Gasteiger partial charge in [0.15, 0.2) is 0 Å². The van der Waals surface area contributed by atoms with E-state index in [9.17, 15) is 4.79 Å². The third-order valence-corrected chi connectivity index (χ3v) is 6.44. The first kappa shape index (κ1) is 24.7. The summed E-state index contributed by atoms with van der Waals surface area (Å²) in [6, 6.07) is 21.7. The molecule has 1 unspecified atom stereocenters. The van der Waals surface area contributed by atoms with E-state index in [1.807, 2.05) is 78.0 Å². The Labute approximate surface area is 217 Å². The third kappa shape index (κ3) is 6.41. The lowest BCUT2D eigenvalue weighted by molar-refractivity contribution is -0.132. The first-order chi connectivity index (χ1) is 18.2. The summed E-state index contributed by atoms with van der Waals surface area (Å²) in [4.78, 5) is 26.1. The molecule has 0 aliphatic carbocycles. The van der Waals surface area contributed by atoms with Crippen LogP contribution in [0.3, 0.4) is 0 Å². The highest BCUT2D eigenvalue weighted by Gasteiger charge is 2.29. The first-order valence-electron chi connectivity index (χ1n) is 12.4. The summed E-state index contributed by atoms with van der Waals surface area (Å²) in [5.74, 6) is 0.865. The highest BCUT2D eigenvalue weighted by atomic mass is 16.5. The zero-order chi connectivity index (χ0) is 25.5. The summed E-state index contributed by atoms with van der Waals surface area (Å²) < 4.78 is 13.9. The normalized spacial score (nSPS) is 16.5. The van der Waals surface area contributed by atoms with Crippen LogP contribution in [0.2, 0.25) is 0 Å². The van der Waals surface area contributed by atoms with Gasteiger partial charge >= 0.3 is 0 Å². The summed E-state index contributed by atoms with van der Waals surface area (Å²) in [5.41, 5.74) is 3.97. The van der Waals surface area contributed by atoms with Crippen LogP contribution in [0.15, 0.2) is 91.5 Å². The zero-order valence-electron chi connectivity index (χ0n) is 20.9. The Balaban J connectivity index is 1.34. The lowest BCUT2D eigenvalue weighted by Gasteiger charge is -2.25. The average molecular weight is 498 g/mol. The fourth-order valence-corrected chi connectivity index (χ4v) is 4.61. The predicted molar refractivity (Wildman–Crippen MR) is 140 cm³/mol. The molecule has 37 heavy (non-hydrogen) atoms. The maximum absolute atomic E-state index is 13.4. The molecule has 0 bridgehead atoms. The monoisotopic (exact) mass is 497 g/mol. The number of nitrogens with zero attached hydrogens (tertiary/aromatic N) is 5. The minimum absolute atomic E-state index is 0.0672. The lowest BCUT2D eigenvalue weighted by Crippen LogP contribution is -2.37. The number of hydrogen-bond acceptors (Lipinski definition) is 6. The molecule has 3 aromatic heterocycles. The van der Waals surface area contributed by atoms with Gasteiger partial charge in [-0.15, -0.1) is 0 Å². The molecule has 1 atom stereocenters. The number of methoxy groups -OCH3 is 1. The molecule has 0 saturated carbocycles. The van der Waals surface area contributed by atoms with Gasteiger partial charge in [-0.05, 0) is 54.1 Å². The summed E-state index contributed by atoms with van der Waals surface area (Å²) in [7, 11) is 1.66. The van der Waals surface area contributed by atoms with E-state index >= 15 is 0 Å². The average Bonchev–Trinajstić information content (AvgIpc) is 3.34. The van der Waals surface area contributed by atoms with Crippen molar-refractivity contribution in [2.45, 2.75) is 25.8 Å². The Morgan fingerprint density at radius 1 is 0.973 bits per heavy atom. The summed E-state index contributed by atoms with van der Waals surface area (Å²) >= 11 is 0. The third-order valence-electron chi connectivity index (χ3n) is 6.44. The van der Waals surface area contributed by atoms with Gasteiger partial charge < -0.3 is 18.9 Å². The first-order valence-corrected chi connectivity index (χ1v) is 12.4. The molecule has 0 N–H and O–H groups in total. The molecule has 0 spiro atoms. The van der Waals surface area contributed by atoms with Crippen LogP contribution >= 0.6 is 0 Å². The van der Waals surface area contributed by atoms with Crippen LogP contribution in [0, 0.1) is 0 Å². The number of amides is 1. The topological polar surface area (TPSA) is 72.7 Å². The number of benzene rings is 1. The Morgan fingerprint density at radius 2 is 1.92 bits per heavy atom. The molecule has 1 amide bonds. The summed E-state index contributed by atoms with van der Waals surface area (Å²) in [5, 5.41) is 0. The van der Waals surface area contributed by atoms with Crippen LogP contribution in [0.5, 0.6) is 5.75 Å². The molecule has 8 heteroatoms. The maximum atomic E-state index is 13.4. The van der Waals surface area contributed by atoms with Crippen molar-refractivity contribution < 1.29 is 14.3 Å². The van der Waals surface area contributed by atoms with Crippen molar-refractivity contribution in [3.8, 4) is 11.4 Å². The number of pyridine rings is 2. The van der Waals surface area contributed by atoms with Crippen LogP contribution in [0.4, 0.5) is 0 Å². The van der Waals surface area contributed by atoms with Crippen LogP contribution < -0.4 is 4.74 Å². The van der Waals surface area contributed by atoms with E-state index in [2.05, 4.69) is 25.5 Å². The molecule has 0 radical (unpaired) electrons. The van der Waals surface area contributed by atoms with E-state index in [0.29, 0.717) is 39.3 Å². The standard InChI is InChI=1S/C29H31N5O3/c1-36-27-11-4-7-23(15-27)22-37-28-19-32(18-26-10-6-14-34(26)25-9-5-12-30-16-25)21-29(35)33(20-28)17-24-8-2-3-13-31-24/h2-16,28H,17-22H2,1H3. The zero-order valence-corrected chi connectivity index (χ0v) is 20.9. The lowest BCUT2D eigenvalue weighted by atomic mass is 10.2. The van der Waals surface area contributed by atoms with Crippen LogP contribution in [0.25, 0.3) is 5.69 Å². The van der Waals surface area contributed by atoms with E-state index in [4.69, 9.17) is 9.47 Å². The van der Waals surface area contributed by atoms with Gasteiger partial charge in [-0.25, -0.2) is 0 Å². The van der Waals surface area contributed by atoms with Crippen LogP contribution in [-0.4, -0.2) is 63.1 Å². The molecule has 1 saturated heterocycles. The Kier molecular flexibility index (Phi) is 7.88. The highest BCUT2D eigenvalue weighted by molar-refractivity contribution is 5.78. The van der Waals surface area contributed by atoms with Gasteiger partial charge in [0.2, 0.25) is 5.91 Å². The Bertz CT molecular complexity index is 1300. The van der Waals surface area contributed by atoms with Gasteiger partial charge in [-0.3, -0.25) is 19.7 Å². The molecule has 1 aliphatic heterocycles. The number of carbonyl (C=O) groups excluding carboxylic acids is 1. The van der Waals surface area contributed by atoms with Crippen molar-refractivity contribution in [1.82, 2.24) is 24.3 Å². The maximum Gasteiger partial charge on any atom is 0.237 e. The van der Waals surface area contributed by atoms with Crippen molar-refractivity contribution in [3.05, 3.63) is 108 Å². The van der Waals surface area contributed by atoms with Crippen molar-refractivity contribution >= 4 is 5.91 Å². The van der Waals surface area contributed by atoms with Gasteiger partial charge in [0.25, 0.3) is 0 Å². The summed E-state index contributed by atoms with van der Waals surface area (Å²) in [6.45, 7) is 2.95. The van der Waals surface area contributed by atoms with E-state index in [-0.39, 0.29) is 12.0 Å². The van der Waals surface area contributed by atoms with E-state index in [0.717, 1.165) is 28.4 Å². The second-order valence-electron chi connectivity index (χ2n) is 9.13. The highest BCUT2D eigenvalue weighted by Crippen LogP contribution is 2.19. The van der Waals surface area contributed by atoms with Crippen molar-refractivity contribution in [1.29, 1.82) is 0 Å². The molecule has 190 valence electrons. The van der Waals surface area contributed by atoms with Crippen molar-refractivity contribution in [3.63, 3.8) is 0 Å². The Morgan fingerprint density at radius 3 is 2.73 bits per heavy atom. The number of hydrogen-bond donors (Lipinski definition) is 0. The molecule has 4 aromatic rings. The van der Waals surface area contributed by atoms with E-state index in [1.54, 1.807) is 19.5 Å². The summed E-state index contributed by atoms with van der Waals surface area (Å²) in [6.07, 6.45) is 7.22. The molecule has 1 aromatic carbocycles. The van der Waals surface area contributed by atoms with E-state index < -0.39 is 0 Å². The molecule has 1 aliphatic rings. The van der Waals surface area contributed by atoms with Crippen molar-refractivity contribution in [2.75, 3.05) is 26.7 Å². The van der Waals surface area contributed by atoms with Gasteiger partial charge in [0.05, 0.1) is 50.5 Å². The van der Waals surface area contributed by atoms with Gasteiger partial charge in [-0.1, -0.05) is 18.2 Å². The molecule has 1 fully saturated rings. The minimum atomic E-state index is -0.164.